The molecule has 0 saturated heterocycles. The summed E-state index contributed by atoms with van der Waals surface area (Å²) >= 11 is 0. The Balaban J connectivity index is 1.46. The molecule has 0 radical (unpaired) electrons. The molecule has 2 aromatic carbocycles. The smallest absolute Gasteiger partial charge is 0.261 e. The number of nitrogens with one attached hydrogen (secondary N) is 1. The number of aromatic nitrogens is 3. The predicted octanol–water partition coefficient (Wildman–Crippen LogP) is 4.32. The van der Waals surface area contributed by atoms with Crippen LogP contribution in [-0.4, -0.2) is 27.5 Å². The lowest BCUT2D eigenvalue weighted by atomic mass is 10.1. The summed E-state index contributed by atoms with van der Waals surface area (Å²) < 4.78 is 26.0. The molecule has 2 heterocycles. The van der Waals surface area contributed by atoms with Crippen LogP contribution in [0.5, 0.6) is 5.75 Å². The van der Waals surface area contributed by atoms with E-state index in [0.29, 0.717) is 47.2 Å². The first kappa shape index (κ1) is 19.4. The van der Waals surface area contributed by atoms with Crippen LogP contribution < -0.4 is 10.1 Å². The first-order valence-corrected chi connectivity index (χ1v) is 9.34. The topological polar surface area (TPSA) is 82.2 Å². The third-order valence-electron chi connectivity index (χ3n) is 4.45. The molecule has 0 saturated carbocycles. The van der Waals surface area contributed by atoms with Crippen LogP contribution in [0.1, 0.15) is 16.1 Å². The van der Waals surface area contributed by atoms with Gasteiger partial charge in [0.25, 0.3) is 5.91 Å². The molecular formula is C22H19FN4O3. The number of anilines is 1. The van der Waals surface area contributed by atoms with Crippen molar-refractivity contribution >= 4 is 11.6 Å². The van der Waals surface area contributed by atoms with E-state index >= 15 is 0 Å². The van der Waals surface area contributed by atoms with Crippen LogP contribution in [0.2, 0.25) is 0 Å². The Bertz CT molecular complexity index is 1140. The first-order valence-electron chi connectivity index (χ1n) is 9.34. The van der Waals surface area contributed by atoms with Crippen molar-refractivity contribution in [3.63, 3.8) is 0 Å². The van der Waals surface area contributed by atoms with Gasteiger partial charge in [0.1, 0.15) is 35.2 Å². The molecule has 0 aliphatic rings. The van der Waals surface area contributed by atoms with E-state index < -0.39 is 0 Å². The Kier molecular flexibility index (Phi) is 5.56. The lowest BCUT2D eigenvalue weighted by molar-refractivity contribution is 0.102. The number of rotatable bonds is 7. The van der Waals surface area contributed by atoms with Crippen molar-refractivity contribution in [3.05, 3.63) is 84.1 Å². The molecule has 0 aliphatic heterocycles. The minimum atomic E-state index is -0.373. The summed E-state index contributed by atoms with van der Waals surface area (Å²) in [5, 5.41) is 10.9. The van der Waals surface area contributed by atoms with Gasteiger partial charge in [0.15, 0.2) is 0 Å². The molecule has 0 atom stereocenters. The molecule has 0 bridgehead atoms. The van der Waals surface area contributed by atoms with Crippen molar-refractivity contribution in [1.29, 1.82) is 0 Å². The predicted molar refractivity (Wildman–Crippen MR) is 109 cm³/mol. The van der Waals surface area contributed by atoms with Gasteiger partial charge in [0.05, 0.1) is 6.54 Å². The van der Waals surface area contributed by atoms with E-state index in [4.69, 9.17) is 9.26 Å². The number of benzene rings is 2. The van der Waals surface area contributed by atoms with Crippen molar-refractivity contribution in [1.82, 2.24) is 14.9 Å². The molecule has 4 aromatic rings. The molecule has 1 N–H and O–H groups in total. The van der Waals surface area contributed by atoms with E-state index in [1.807, 2.05) is 18.3 Å². The van der Waals surface area contributed by atoms with Crippen LogP contribution in [0.15, 0.2) is 71.5 Å². The summed E-state index contributed by atoms with van der Waals surface area (Å²) in [6.07, 6.45) is 3.57. The maximum absolute atomic E-state index is 13.2. The van der Waals surface area contributed by atoms with Gasteiger partial charge in [-0.25, -0.2) is 4.39 Å². The van der Waals surface area contributed by atoms with E-state index in [2.05, 4.69) is 15.6 Å². The highest BCUT2D eigenvalue weighted by Crippen LogP contribution is 2.27. The second kappa shape index (κ2) is 8.60. The number of hydrogen-bond acceptors (Lipinski definition) is 5. The third kappa shape index (κ3) is 4.38. The average molecular weight is 406 g/mol. The van der Waals surface area contributed by atoms with Crippen molar-refractivity contribution in [3.8, 4) is 17.0 Å². The summed E-state index contributed by atoms with van der Waals surface area (Å²) in [4.78, 5) is 12.9. The summed E-state index contributed by atoms with van der Waals surface area (Å²) in [6, 6.07) is 14.7. The van der Waals surface area contributed by atoms with E-state index in [0.717, 1.165) is 0 Å². The van der Waals surface area contributed by atoms with Gasteiger partial charge in [-0.1, -0.05) is 11.2 Å². The normalized spacial score (nSPS) is 10.7. The second-order valence-electron chi connectivity index (χ2n) is 6.57. The van der Waals surface area contributed by atoms with Crippen LogP contribution in [-0.2, 0) is 6.54 Å². The Morgan fingerprint density at radius 2 is 2.03 bits per heavy atom. The van der Waals surface area contributed by atoms with Gasteiger partial charge in [-0.2, -0.15) is 5.10 Å². The highest BCUT2D eigenvalue weighted by Gasteiger charge is 2.22. The van der Waals surface area contributed by atoms with Crippen molar-refractivity contribution in [2.24, 2.45) is 0 Å². The standard InChI is InChI=1S/C22H19FN4O3/c1-15-20(21(26-30-15)16-6-8-17(23)9-7-16)22(28)25-18-4-2-5-19(14-18)29-13-12-27-11-3-10-24-27/h2-11,14H,12-13H2,1H3,(H,25,28). The van der Waals surface area contributed by atoms with E-state index in [1.165, 1.54) is 12.1 Å². The second-order valence-corrected chi connectivity index (χ2v) is 6.57. The summed E-state index contributed by atoms with van der Waals surface area (Å²) in [6.45, 7) is 2.72. The third-order valence-corrected chi connectivity index (χ3v) is 4.45. The van der Waals surface area contributed by atoms with Crippen LogP contribution in [0.3, 0.4) is 0 Å². The monoisotopic (exact) mass is 406 g/mol. The van der Waals surface area contributed by atoms with Gasteiger partial charge in [-0.15, -0.1) is 0 Å². The highest BCUT2D eigenvalue weighted by atomic mass is 19.1. The lowest BCUT2D eigenvalue weighted by Crippen LogP contribution is -2.14. The van der Waals surface area contributed by atoms with Crippen molar-refractivity contribution < 1.29 is 18.4 Å². The molecule has 30 heavy (non-hydrogen) atoms. The van der Waals surface area contributed by atoms with Crippen LogP contribution in [0.4, 0.5) is 10.1 Å². The van der Waals surface area contributed by atoms with E-state index in [1.54, 1.807) is 48.1 Å². The largest absolute Gasteiger partial charge is 0.492 e. The van der Waals surface area contributed by atoms with Crippen LogP contribution in [0, 0.1) is 12.7 Å². The Hall–Kier alpha value is -3.94. The van der Waals surface area contributed by atoms with Gasteiger partial charge in [-0.05, 0) is 49.4 Å². The number of hydrogen-bond donors (Lipinski definition) is 1. The zero-order valence-corrected chi connectivity index (χ0v) is 16.2. The van der Waals surface area contributed by atoms with Gasteiger partial charge in [0, 0.05) is 29.7 Å². The molecule has 2 aromatic heterocycles. The molecule has 7 nitrogen and oxygen atoms in total. The van der Waals surface area contributed by atoms with Gasteiger partial charge < -0.3 is 14.6 Å². The van der Waals surface area contributed by atoms with Crippen LogP contribution >= 0.6 is 0 Å². The molecule has 8 heteroatoms. The minimum Gasteiger partial charge on any atom is -0.492 e. The molecule has 0 aliphatic carbocycles. The molecular weight excluding hydrogens is 387 g/mol. The Labute approximate surface area is 172 Å². The van der Waals surface area contributed by atoms with Gasteiger partial charge in [-0.3, -0.25) is 9.48 Å². The van der Waals surface area contributed by atoms with E-state index in [-0.39, 0.29) is 11.7 Å². The molecule has 0 fully saturated rings. The maximum Gasteiger partial charge on any atom is 0.261 e. The quantitative estimate of drug-likeness (QED) is 0.494. The Morgan fingerprint density at radius 1 is 1.20 bits per heavy atom. The first-order chi connectivity index (χ1) is 14.6. The number of halogens is 1. The van der Waals surface area contributed by atoms with E-state index in [9.17, 15) is 9.18 Å². The number of nitrogens with zero attached hydrogens (tertiary/aromatic N) is 3. The van der Waals surface area contributed by atoms with Crippen LogP contribution in [0.25, 0.3) is 11.3 Å². The maximum atomic E-state index is 13.2. The number of amides is 1. The fourth-order valence-corrected chi connectivity index (χ4v) is 2.99. The molecule has 1 amide bonds. The SMILES string of the molecule is Cc1onc(-c2ccc(F)cc2)c1C(=O)Nc1cccc(OCCn2cccn2)c1. The van der Waals surface area contributed by atoms with Crippen molar-refractivity contribution in [2.45, 2.75) is 13.5 Å². The minimum absolute atomic E-state index is 0.298. The lowest BCUT2D eigenvalue weighted by Gasteiger charge is -2.10. The summed E-state index contributed by atoms with van der Waals surface area (Å²) in [7, 11) is 0. The fraction of sp³-hybridized carbons (Fsp3) is 0.136. The Morgan fingerprint density at radius 3 is 2.80 bits per heavy atom. The molecule has 0 unspecified atom stereocenters. The van der Waals surface area contributed by atoms with Gasteiger partial charge in [0.2, 0.25) is 0 Å². The number of carbonyl (C=O) groups excluding carboxylic acids is 1. The summed E-state index contributed by atoms with van der Waals surface area (Å²) in [5.41, 5.74) is 1.82. The molecule has 152 valence electrons. The zero-order valence-electron chi connectivity index (χ0n) is 16.2. The fourth-order valence-electron chi connectivity index (χ4n) is 2.99. The number of ether oxygens (including phenoxy) is 1. The number of aryl methyl sites for hydroxylation is 1. The van der Waals surface area contributed by atoms with Gasteiger partial charge >= 0.3 is 0 Å². The van der Waals surface area contributed by atoms with Crippen molar-refractivity contribution in [2.75, 3.05) is 11.9 Å². The number of carbonyl (C=O) groups is 1. The average Bonchev–Trinajstić information content (AvgIpc) is 3.39. The zero-order chi connectivity index (χ0) is 20.9. The molecule has 4 rings (SSSR count). The highest BCUT2D eigenvalue weighted by molar-refractivity contribution is 6.08. The molecule has 0 spiro atoms. The summed E-state index contributed by atoms with van der Waals surface area (Å²) in [5.74, 6) is 0.260.